The first-order chi connectivity index (χ1) is 19.6. The lowest BCUT2D eigenvalue weighted by Gasteiger charge is -2.25. The van der Waals surface area contributed by atoms with Gasteiger partial charge < -0.3 is 29.5 Å². The summed E-state index contributed by atoms with van der Waals surface area (Å²) in [6, 6.07) is 17.3. The number of hydrogen-bond acceptors (Lipinski definition) is 6. The van der Waals surface area contributed by atoms with Crippen molar-refractivity contribution in [2.75, 3.05) is 26.3 Å². The van der Waals surface area contributed by atoms with Crippen LogP contribution < -0.4 is 14.8 Å². The quantitative estimate of drug-likeness (QED) is 0.258. The molecule has 2 aromatic carbocycles. The minimum atomic E-state index is -0.961. The Morgan fingerprint density at radius 3 is 2.34 bits per heavy atom. The van der Waals surface area contributed by atoms with Crippen LogP contribution in [0.4, 0.5) is 4.79 Å². The van der Waals surface area contributed by atoms with Gasteiger partial charge in [-0.3, -0.25) is 9.59 Å². The van der Waals surface area contributed by atoms with Gasteiger partial charge in [0.25, 0.3) is 0 Å². The first kappa shape index (κ1) is 31.8. The van der Waals surface area contributed by atoms with E-state index in [-0.39, 0.29) is 18.4 Å². The van der Waals surface area contributed by atoms with E-state index in [0.29, 0.717) is 38.5 Å². The number of benzene rings is 2. The number of aliphatic carboxylic acids is 1. The van der Waals surface area contributed by atoms with Crippen LogP contribution in [0.1, 0.15) is 64.9 Å². The second-order valence-electron chi connectivity index (χ2n) is 11.4. The lowest BCUT2D eigenvalue weighted by atomic mass is 10.0. The molecule has 1 fully saturated rings. The molecule has 2 atom stereocenters. The molecule has 9 nitrogen and oxygen atoms in total. The van der Waals surface area contributed by atoms with Crippen molar-refractivity contribution in [3.63, 3.8) is 0 Å². The summed E-state index contributed by atoms with van der Waals surface area (Å²) in [6.07, 6.45) is 4.12. The Kier molecular flexibility index (Phi) is 12.3. The highest BCUT2D eigenvalue weighted by atomic mass is 16.6. The number of amides is 2. The number of ether oxygens (including phenoxy) is 3. The molecule has 0 radical (unpaired) electrons. The molecule has 0 aromatic heterocycles. The van der Waals surface area contributed by atoms with E-state index in [0.717, 1.165) is 37.9 Å². The van der Waals surface area contributed by atoms with Crippen LogP contribution in [0.25, 0.3) is 0 Å². The molecule has 1 aliphatic rings. The number of alkyl carbamates (subject to hydrolysis) is 1. The Morgan fingerprint density at radius 2 is 1.66 bits per heavy atom. The number of aryl methyl sites for hydroxylation is 1. The molecular formula is C32H44N2O7. The highest BCUT2D eigenvalue weighted by Crippen LogP contribution is 2.29. The zero-order chi connectivity index (χ0) is 29.7. The smallest absolute Gasteiger partial charge is 0.407 e. The molecule has 1 aliphatic heterocycles. The summed E-state index contributed by atoms with van der Waals surface area (Å²) in [4.78, 5) is 37.8. The molecular weight excluding hydrogens is 524 g/mol. The van der Waals surface area contributed by atoms with Crippen molar-refractivity contribution >= 4 is 18.0 Å². The van der Waals surface area contributed by atoms with Gasteiger partial charge in [0.1, 0.15) is 23.7 Å². The van der Waals surface area contributed by atoms with Crippen LogP contribution in [0.15, 0.2) is 54.6 Å². The van der Waals surface area contributed by atoms with Gasteiger partial charge in [0.05, 0.1) is 25.0 Å². The SMILES string of the molecule is CC(C)(C)OC(=O)NCCCCc1ccc(OC[C@@H]2C[C@@H](CC(=O)O)C(=O)N2CCCCOc2ccccc2)cc1. The third-order valence-electron chi connectivity index (χ3n) is 6.78. The third-order valence-corrected chi connectivity index (χ3v) is 6.78. The van der Waals surface area contributed by atoms with Crippen LogP contribution in [-0.2, 0) is 20.7 Å². The van der Waals surface area contributed by atoms with Crippen molar-refractivity contribution in [3.8, 4) is 11.5 Å². The van der Waals surface area contributed by atoms with E-state index in [4.69, 9.17) is 14.2 Å². The molecule has 0 bridgehead atoms. The minimum absolute atomic E-state index is 0.110. The van der Waals surface area contributed by atoms with E-state index >= 15 is 0 Å². The van der Waals surface area contributed by atoms with E-state index in [1.807, 2.05) is 75.4 Å². The monoisotopic (exact) mass is 568 g/mol. The summed E-state index contributed by atoms with van der Waals surface area (Å²) in [5.41, 5.74) is 0.670. The Balaban J connectivity index is 1.41. The third kappa shape index (κ3) is 11.7. The number of likely N-dealkylation sites (tertiary alicyclic amines) is 1. The number of carbonyl (C=O) groups excluding carboxylic acids is 2. The summed E-state index contributed by atoms with van der Waals surface area (Å²) in [5.74, 6) is -0.0582. The largest absolute Gasteiger partial charge is 0.494 e. The van der Waals surface area contributed by atoms with Gasteiger partial charge in [-0.25, -0.2) is 4.79 Å². The number of rotatable bonds is 16. The van der Waals surface area contributed by atoms with Crippen molar-refractivity contribution < 1.29 is 33.7 Å². The lowest BCUT2D eigenvalue weighted by Crippen LogP contribution is -2.38. The summed E-state index contributed by atoms with van der Waals surface area (Å²) >= 11 is 0. The van der Waals surface area contributed by atoms with Gasteiger partial charge in [-0.05, 0) is 89.1 Å². The average molecular weight is 569 g/mol. The number of nitrogens with zero attached hydrogens (tertiary/aromatic N) is 1. The molecule has 2 aromatic rings. The molecule has 9 heteroatoms. The van der Waals surface area contributed by atoms with E-state index < -0.39 is 23.6 Å². The maximum atomic E-state index is 13.0. The molecule has 41 heavy (non-hydrogen) atoms. The summed E-state index contributed by atoms with van der Waals surface area (Å²) in [5, 5.41) is 12.0. The fourth-order valence-electron chi connectivity index (χ4n) is 4.80. The Labute approximate surface area is 243 Å². The van der Waals surface area contributed by atoms with Crippen LogP contribution in [0, 0.1) is 5.92 Å². The first-order valence-corrected chi connectivity index (χ1v) is 14.5. The Bertz CT molecular complexity index is 1100. The van der Waals surface area contributed by atoms with Gasteiger partial charge in [-0.15, -0.1) is 0 Å². The number of nitrogens with one attached hydrogen (secondary N) is 1. The van der Waals surface area contributed by atoms with Crippen molar-refractivity contribution in [2.45, 2.75) is 77.4 Å². The van der Waals surface area contributed by atoms with E-state index in [1.165, 1.54) is 5.56 Å². The molecule has 2 amide bonds. The predicted molar refractivity (Wildman–Crippen MR) is 156 cm³/mol. The molecule has 0 aliphatic carbocycles. The topological polar surface area (TPSA) is 114 Å². The highest BCUT2D eigenvalue weighted by molar-refractivity contribution is 5.85. The van der Waals surface area contributed by atoms with Crippen molar-refractivity contribution in [1.82, 2.24) is 10.2 Å². The van der Waals surface area contributed by atoms with Crippen LogP contribution in [0.3, 0.4) is 0 Å². The average Bonchev–Trinajstić information content (AvgIpc) is 3.20. The zero-order valence-corrected chi connectivity index (χ0v) is 24.5. The predicted octanol–water partition coefficient (Wildman–Crippen LogP) is 5.46. The molecule has 0 unspecified atom stereocenters. The van der Waals surface area contributed by atoms with E-state index in [2.05, 4.69) is 5.32 Å². The fraction of sp³-hybridized carbons (Fsp3) is 0.531. The van der Waals surface area contributed by atoms with Crippen LogP contribution in [-0.4, -0.2) is 65.9 Å². The normalized spacial score (nSPS) is 16.9. The molecule has 224 valence electrons. The number of carboxylic acid groups (broad SMARTS) is 1. The lowest BCUT2D eigenvalue weighted by molar-refractivity contribution is -0.142. The standard InChI is InChI=1S/C32H44N2O7/c1-32(2,3)41-31(38)33-18-8-7-11-24-14-16-28(17-15-24)40-23-26-21-25(22-29(35)36)30(37)34(26)19-9-10-20-39-27-12-5-4-6-13-27/h4-6,12-17,25-26H,7-11,18-23H2,1-3H3,(H,33,38)(H,35,36)/t25-,26-/m0/s1. The molecule has 0 saturated carbocycles. The Morgan fingerprint density at radius 1 is 0.951 bits per heavy atom. The van der Waals surface area contributed by atoms with Crippen LogP contribution >= 0.6 is 0 Å². The summed E-state index contributed by atoms with van der Waals surface area (Å²) < 4.78 is 17.0. The molecule has 0 spiro atoms. The Hall–Kier alpha value is -3.75. The number of carboxylic acids is 1. The van der Waals surface area contributed by atoms with Crippen molar-refractivity contribution in [3.05, 3.63) is 60.2 Å². The highest BCUT2D eigenvalue weighted by Gasteiger charge is 2.40. The number of para-hydroxylation sites is 1. The molecule has 3 rings (SSSR count). The van der Waals surface area contributed by atoms with Gasteiger partial charge in [-0.1, -0.05) is 30.3 Å². The number of carbonyl (C=O) groups is 3. The maximum Gasteiger partial charge on any atom is 0.407 e. The van der Waals surface area contributed by atoms with Crippen LogP contribution in [0.5, 0.6) is 11.5 Å². The second-order valence-corrected chi connectivity index (χ2v) is 11.4. The fourth-order valence-corrected chi connectivity index (χ4v) is 4.80. The van der Waals surface area contributed by atoms with E-state index in [1.54, 1.807) is 4.90 Å². The van der Waals surface area contributed by atoms with Gasteiger partial charge in [0.2, 0.25) is 5.91 Å². The van der Waals surface area contributed by atoms with Crippen molar-refractivity contribution in [1.29, 1.82) is 0 Å². The van der Waals surface area contributed by atoms with E-state index in [9.17, 15) is 19.5 Å². The summed E-state index contributed by atoms with van der Waals surface area (Å²) in [7, 11) is 0. The van der Waals surface area contributed by atoms with Crippen LogP contribution in [0.2, 0.25) is 0 Å². The van der Waals surface area contributed by atoms with Gasteiger partial charge in [0, 0.05) is 13.1 Å². The number of hydrogen-bond donors (Lipinski definition) is 2. The molecule has 1 saturated heterocycles. The maximum absolute atomic E-state index is 13.0. The van der Waals surface area contributed by atoms with Crippen molar-refractivity contribution in [2.24, 2.45) is 5.92 Å². The molecule has 1 heterocycles. The number of unbranched alkanes of at least 4 members (excludes halogenated alkanes) is 2. The van der Waals surface area contributed by atoms with Gasteiger partial charge in [-0.2, -0.15) is 0 Å². The zero-order valence-electron chi connectivity index (χ0n) is 24.5. The minimum Gasteiger partial charge on any atom is -0.494 e. The second kappa shape index (κ2) is 15.9. The first-order valence-electron chi connectivity index (χ1n) is 14.5. The summed E-state index contributed by atoms with van der Waals surface area (Å²) in [6.45, 7) is 7.49. The van der Waals surface area contributed by atoms with Gasteiger partial charge in [0.15, 0.2) is 0 Å². The van der Waals surface area contributed by atoms with Gasteiger partial charge >= 0.3 is 12.1 Å². The molecule has 2 N–H and O–H groups in total.